The molecule has 1 atom stereocenters. The van der Waals surface area contributed by atoms with Crippen LogP contribution in [0.5, 0.6) is 0 Å². The molecule has 5 heteroatoms. The molecule has 1 unspecified atom stereocenters. The molecule has 1 aromatic rings. The zero-order valence-electron chi connectivity index (χ0n) is 7.78. The highest BCUT2D eigenvalue weighted by Gasteiger charge is 2.24. The molecular weight excluding hydrogens is 182 g/mol. The Kier molecular flexibility index (Phi) is 2.32. The Hall–Kier alpha value is -1.62. The van der Waals surface area contributed by atoms with Crippen molar-refractivity contribution in [1.82, 2.24) is 4.98 Å². The number of carbonyl (C=O) groups excluding carboxylic acids is 1. The van der Waals surface area contributed by atoms with Gasteiger partial charge < -0.3 is 15.4 Å². The molecule has 5 nitrogen and oxygen atoms in total. The van der Waals surface area contributed by atoms with Gasteiger partial charge in [-0.2, -0.15) is 0 Å². The van der Waals surface area contributed by atoms with Crippen molar-refractivity contribution in [3.8, 4) is 0 Å². The molecule has 0 aromatic carbocycles. The van der Waals surface area contributed by atoms with Crippen LogP contribution in [0.1, 0.15) is 0 Å². The van der Waals surface area contributed by atoms with Gasteiger partial charge in [0.2, 0.25) is 5.91 Å². The number of rotatable bonds is 2. The summed E-state index contributed by atoms with van der Waals surface area (Å²) in [6.45, 7) is 0.355. The molecule has 0 bridgehead atoms. The second-order valence-corrected chi connectivity index (χ2v) is 3.06. The minimum Gasteiger partial charge on any atom is -0.382 e. The van der Waals surface area contributed by atoms with Crippen LogP contribution in [0.2, 0.25) is 0 Å². The Morgan fingerprint density at radius 2 is 2.43 bits per heavy atom. The van der Waals surface area contributed by atoms with E-state index in [1.54, 1.807) is 19.5 Å². The summed E-state index contributed by atoms with van der Waals surface area (Å²) in [4.78, 5) is 15.4. The van der Waals surface area contributed by atoms with E-state index in [0.29, 0.717) is 12.3 Å². The van der Waals surface area contributed by atoms with Crippen molar-refractivity contribution in [2.24, 2.45) is 0 Å². The highest BCUT2D eigenvalue weighted by Crippen LogP contribution is 2.24. The standard InChI is InChI=1S/C9H11N3O2/c1-14-5-8-9(13)12-7-4-10-3-2-6(7)11-8/h2-4,8,11H,5H2,1H3,(H,12,13). The lowest BCUT2D eigenvalue weighted by atomic mass is 10.2. The first-order valence-electron chi connectivity index (χ1n) is 4.31. The Labute approximate surface area is 81.5 Å². The molecule has 0 saturated heterocycles. The van der Waals surface area contributed by atoms with Gasteiger partial charge in [-0.3, -0.25) is 9.78 Å². The number of aromatic nitrogens is 1. The van der Waals surface area contributed by atoms with Crippen molar-refractivity contribution < 1.29 is 9.53 Å². The van der Waals surface area contributed by atoms with Gasteiger partial charge in [0.25, 0.3) is 0 Å². The molecule has 1 aliphatic rings. The Morgan fingerprint density at radius 1 is 1.57 bits per heavy atom. The number of nitrogens with one attached hydrogen (secondary N) is 2. The summed E-state index contributed by atoms with van der Waals surface area (Å²) in [5.41, 5.74) is 1.59. The monoisotopic (exact) mass is 193 g/mol. The van der Waals surface area contributed by atoms with Gasteiger partial charge in [-0.25, -0.2) is 0 Å². The molecule has 14 heavy (non-hydrogen) atoms. The molecule has 1 amide bonds. The van der Waals surface area contributed by atoms with E-state index in [0.717, 1.165) is 5.69 Å². The molecule has 74 valence electrons. The summed E-state index contributed by atoms with van der Waals surface area (Å²) in [7, 11) is 1.57. The van der Waals surface area contributed by atoms with E-state index in [-0.39, 0.29) is 11.9 Å². The van der Waals surface area contributed by atoms with Gasteiger partial charge in [0.15, 0.2) is 0 Å². The van der Waals surface area contributed by atoms with E-state index >= 15 is 0 Å². The maximum Gasteiger partial charge on any atom is 0.249 e. The van der Waals surface area contributed by atoms with Crippen LogP contribution in [-0.2, 0) is 9.53 Å². The highest BCUT2D eigenvalue weighted by atomic mass is 16.5. The molecule has 2 N–H and O–H groups in total. The highest BCUT2D eigenvalue weighted by molar-refractivity contribution is 6.02. The number of carbonyl (C=O) groups is 1. The van der Waals surface area contributed by atoms with Crippen LogP contribution in [0.15, 0.2) is 18.5 Å². The number of nitrogens with zero attached hydrogens (tertiary/aromatic N) is 1. The summed E-state index contributed by atoms with van der Waals surface area (Å²) >= 11 is 0. The van der Waals surface area contributed by atoms with Gasteiger partial charge in [-0.05, 0) is 6.07 Å². The molecule has 2 heterocycles. The third kappa shape index (κ3) is 1.54. The Morgan fingerprint density at radius 3 is 3.21 bits per heavy atom. The number of ether oxygens (including phenoxy) is 1. The maximum absolute atomic E-state index is 11.5. The number of amides is 1. The lowest BCUT2D eigenvalue weighted by molar-refractivity contribution is -0.118. The number of anilines is 2. The molecule has 2 rings (SSSR count). The normalized spacial score (nSPS) is 19.5. The third-order valence-corrected chi connectivity index (χ3v) is 2.06. The molecule has 0 spiro atoms. The van der Waals surface area contributed by atoms with Crippen molar-refractivity contribution in [2.45, 2.75) is 6.04 Å². The average molecular weight is 193 g/mol. The van der Waals surface area contributed by atoms with Crippen LogP contribution in [0.3, 0.4) is 0 Å². The summed E-state index contributed by atoms with van der Waals surface area (Å²) in [5.74, 6) is -0.0904. The molecule has 0 aliphatic carbocycles. The fraction of sp³-hybridized carbons (Fsp3) is 0.333. The van der Waals surface area contributed by atoms with E-state index in [1.807, 2.05) is 6.07 Å². The first-order chi connectivity index (χ1) is 6.81. The van der Waals surface area contributed by atoms with Crippen molar-refractivity contribution in [3.63, 3.8) is 0 Å². The average Bonchev–Trinajstić information content (AvgIpc) is 2.19. The first-order valence-corrected chi connectivity index (χ1v) is 4.31. The van der Waals surface area contributed by atoms with Crippen LogP contribution in [0.4, 0.5) is 11.4 Å². The fourth-order valence-electron chi connectivity index (χ4n) is 1.38. The largest absolute Gasteiger partial charge is 0.382 e. The molecule has 0 saturated carbocycles. The lowest BCUT2D eigenvalue weighted by Crippen LogP contribution is -2.41. The smallest absolute Gasteiger partial charge is 0.249 e. The zero-order valence-corrected chi connectivity index (χ0v) is 7.78. The summed E-state index contributed by atoms with van der Waals surface area (Å²) in [6, 6.07) is 1.49. The van der Waals surface area contributed by atoms with Gasteiger partial charge in [0.05, 0.1) is 24.2 Å². The number of fused-ring (bicyclic) bond motifs is 1. The molecule has 0 radical (unpaired) electrons. The topological polar surface area (TPSA) is 63.2 Å². The van der Waals surface area contributed by atoms with Crippen molar-refractivity contribution in [1.29, 1.82) is 0 Å². The van der Waals surface area contributed by atoms with Crippen LogP contribution >= 0.6 is 0 Å². The molecule has 0 fully saturated rings. The SMILES string of the molecule is COCC1Nc2ccncc2NC1=O. The third-order valence-electron chi connectivity index (χ3n) is 2.06. The molecule has 1 aliphatic heterocycles. The predicted molar refractivity (Wildman–Crippen MR) is 52.2 cm³/mol. The van der Waals surface area contributed by atoms with E-state index < -0.39 is 0 Å². The number of pyridine rings is 1. The van der Waals surface area contributed by atoms with Gasteiger partial charge in [-0.15, -0.1) is 0 Å². The summed E-state index contributed by atoms with van der Waals surface area (Å²) in [5, 5.41) is 5.82. The number of hydrogen-bond donors (Lipinski definition) is 2. The van der Waals surface area contributed by atoms with Gasteiger partial charge in [0, 0.05) is 13.3 Å². The van der Waals surface area contributed by atoms with E-state index in [9.17, 15) is 4.79 Å². The van der Waals surface area contributed by atoms with E-state index in [4.69, 9.17) is 4.74 Å². The first kappa shape index (κ1) is 8.96. The van der Waals surface area contributed by atoms with Crippen LogP contribution < -0.4 is 10.6 Å². The van der Waals surface area contributed by atoms with E-state index in [2.05, 4.69) is 15.6 Å². The Bertz CT molecular complexity index is 354. The Balaban J connectivity index is 2.22. The molecular formula is C9H11N3O2. The van der Waals surface area contributed by atoms with Gasteiger partial charge in [0.1, 0.15) is 6.04 Å². The van der Waals surface area contributed by atoms with Crippen molar-refractivity contribution >= 4 is 17.3 Å². The zero-order chi connectivity index (χ0) is 9.97. The fourth-order valence-corrected chi connectivity index (χ4v) is 1.38. The maximum atomic E-state index is 11.5. The minimum absolute atomic E-state index is 0.0904. The van der Waals surface area contributed by atoms with Crippen LogP contribution in [0, 0.1) is 0 Å². The van der Waals surface area contributed by atoms with Gasteiger partial charge >= 0.3 is 0 Å². The second kappa shape index (κ2) is 3.63. The van der Waals surface area contributed by atoms with Gasteiger partial charge in [-0.1, -0.05) is 0 Å². The minimum atomic E-state index is -0.324. The predicted octanol–water partition coefficient (Wildman–Crippen LogP) is 0.461. The molecule has 1 aromatic heterocycles. The number of methoxy groups -OCH3 is 1. The second-order valence-electron chi connectivity index (χ2n) is 3.06. The summed E-state index contributed by atoms with van der Waals surface area (Å²) < 4.78 is 4.93. The number of hydrogen-bond acceptors (Lipinski definition) is 4. The summed E-state index contributed by atoms with van der Waals surface area (Å²) in [6.07, 6.45) is 3.29. The van der Waals surface area contributed by atoms with Crippen LogP contribution in [-0.4, -0.2) is 30.6 Å². The van der Waals surface area contributed by atoms with E-state index in [1.165, 1.54) is 0 Å². The van der Waals surface area contributed by atoms with Crippen LogP contribution in [0.25, 0.3) is 0 Å². The van der Waals surface area contributed by atoms with Crippen molar-refractivity contribution in [3.05, 3.63) is 18.5 Å². The lowest BCUT2D eigenvalue weighted by Gasteiger charge is -2.25. The quantitative estimate of drug-likeness (QED) is 0.716. The van der Waals surface area contributed by atoms with Crippen molar-refractivity contribution in [2.75, 3.05) is 24.4 Å².